The lowest BCUT2D eigenvalue weighted by molar-refractivity contribution is -0.384. The summed E-state index contributed by atoms with van der Waals surface area (Å²) in [6.45, 7) is 1.71. The van der Waals surface area contributed by atoms with Crippen molar-refractivity contribution in [3.05, 3.63) is 140 Å². The van der Waals surface area contributed by atoms with E-state index >= 15 is 0 Å². The minimum atomic E-state index is -1.22. The van der Waals surface area contributed by atoms with Crippen LogP contribution < -0.4 is 10.3 Å². The van der Waals surface area contributed by atoms with Gasteiger partial charge in [0.25, 0.3) is 5.69 Å². The molecule has 0 radical (unpaired) electrons. The van der Waals surface area contributed by atoms with Crippen molar-refractivity contribution in [2.24, 2.45) is 16.9 Å². The minimum Gasteiger partial charge on any atom is -0.274 e. The fourth-order valence-electron chi connectivity index (χ4n) is 7.29. The van der Waals surface area contributed by atoms with Crippen LogP contribution in [-0.4, -0.2) is 28.9 Å². The quantitative estimate of drug-likeness (QED) is 0.136. The maximum Gasteiger partial charge on any atom is 0.293 e. The van der Waals surface area contributed by atoms with Gasteiger partial charge < -0.3 is 0 Å². The molecule has 0 unspecified atom stereocenters. The second kappa shape index (κ2) is 10.2. The molecule has 0 saturated carbocycles. The van der Waals surface area contributed by atoms with Gasteiger partial charge in [-0.1, -0.05) is 78.3 Å². The summed E-state index contributed by atoms with van der Waals surface area (Å²) in [6.07, 6.45) is 1.63. The molecule has 3 amide bonds. The van der Waals surface area contributed by atoms with Crippen LogP contribution in [0.5, 0.6) is 0 Å². The molecule has 1 saturated heterocycles. The van der Waals surface area contributed by atoms with Crippen LogP contribution in [0.15, 0.2) is 96.1 Å². The van der Waals surface area contributed by atoms with Gasteiger partial charge in [-0.25, -0.2) is 10.3 Å². The van der Waals surface area contributed by atoms with E-state index in [4.69, 9.17) is 11.6 Å². The molecule has 0 spiro atoms. The van der Waals surface area contributed by atoms with E-state index in [9.17, 15) is 24.5 Å². The Kier molecular flexibility index (Phi) is 6.44. The Morgan fingerprint density at radius 2 is 1.61 bits per heavy atom. The maximum absolute atomic E-state index is 14.5. The van der Waals surface area contributed by atoms with Crippen LogP contribution >= 0.6 is 11.6 Å². The Morgan fingerprint density at radius 3 is 2.25 bits per heavy atom. The largest absolute Gasteiger partial charge is 0.293 e. The van der Waals surface area contributed by atoms with Crippen molar-refractivity contribution in [2.75, 3.05) is 4.90 Å². The highest BCUT2D eigenvalue weighted by Crippen LogP contribution is 2.64. The SMILES string of the molecule is Cc1ccc(N2C(=O)[C@H]3C4c5ccccc5C(/C=N\NC(=O)Cc5ccc(Cl)cc5)(c5ccccc54)[C@H]3C2=O)c([N+](=O)[O-])c1. The van der Waals surface area contributed by atoms with E-state index in [1.165, 1.54) is 12.1 Å². The number of rotatable bonds is 6. The topological polar surface area (TPSA) is 122 Å². The zero-order valence-corrected chi connectivity index (χ0v) is 24.2. The van der Waals surface area contributed by atoms with Gasteiger partial charge in [-0.15, -0.1) is 0 Å². The zero-order chi connectivity index (χ0) is 30.7. The molecule has 0 aromatic heterocycles. The molecule has 8 rings (SSSR count). The smallest absolute Gasteiger partial charge is 0.274 e. The van der Waals surface area contributed by atoms with Crippen LogP contribution in [0.4, 0.5) is 11.4 Å². The first-order chi connectivity index (χ1) is 21.2. The Bertz CT molecular complexity index is 1870. The molecule has 4 aromatic carbocycles. The van der Waals surface area contributed by atoms with Gasteiger partial charge in [-0.05, 0) is 58.5 Å². The van der Waals surface area contributed by atoms with Crippen LogP contribution in [0, 0.1) is 28.9 Å². The average molecular weight is 605 g/mol. The molecular formula is C34H25ClN4O5. The number of hydrogen-bond donors (Lipinski definition) is 1. The van der Waals surface area contributed by atoms with Gasteiger partial charge in [0.05, 0.1) is 28.6 Å². The monoisotopic (exact) mass is 604 g/mol. The molecule has 4 aliphatic rings. The lowest BCUT2D eigenvalue weighted by Crippen LogP contribution is -2.54. The summed E-state index contributed by atoms with van der Waals surface area (Å²) in [4.78, 5) is 54.2. The first-order valence-corrected chi connectivity index (χ1v) is 14.5. The van der Waals surface area contributed by atoms with Crippen LogP contribution in [0.25, 0.3) is 0 Å². The Hall–Kier alpha value is -5.15. The summed E-state index contributed by atoms with van der Waals surface area (Å²) in [6, 6.07) is 26.6. The molecule has 10 heteroatoms. The van der Waals surface area contributed by atoms with Crippen LogP contribution in [-0.2, 0) is 26.2 Å². The molecule has 4 aromatic rings. The molecule has 218 valence electrons. The second-order valence-electron chi connectivity index (χ2n) is 11.4. The summed E-state index contributed by atoms with van der Waals surface area (Å²) in [5.74, 6) is -3.61. The number of imide groups is 1. The molecule has 9 nitrogen and oxygen atoms in total. The molecular weight excluding hydrogens is 580 g/mol. The van der Waals surface area contributed by atoms with Crippen molar-refractivity contribution < 1.29 is 19.3 Å². The highest BCUT2D eigenvalue weighted by atomic mass is 35.5. The third kappa shape index (κ3) is 4.00. The van der Waals surface area contributed by atoms with Crippen LogP contribution in [0.1, 0.15) is 39.3 Å². The minimum absolute atomic E-state index is 0.0548. The Labute approximate surface area is 257 Å². The molecule has 2 bridgehead atoms. The van der Waals surface area contributed by atoms with Gasteiger partial charge in [0, 0.05) is 23.2 Å². The van der Waals surface area contributed by atoms with Gasteiger partial charge in [0.15, 0.2) is 0 Å². The molecule has 1 fully saturated rings. The van der Waals surface area contributed by atoms with Crippen LogP contribution in [0.3, 0.4) is 0 Å². The third-order valence-corrected chi connectivity index (χ3v) is 9.24. The van der Waals surface area contributed by atoms with E-state index in [0.717, 1.165) is 32.7 Å². The maximum atomic E-state index is 14.5. The van der Waals surface area contributed by atoms with E-state index in [1.807, 2.05) is 48.5 Å². The molecule has 1 heterocycles. The number of nitrogens with one attached hydrogen (secondary N) is 1. The van der Waals surface area contributed by atoms with Crippen molar-refractivity contribution >= 4 is 46.9 Å². The molecule has 2 atom stereocenters. The number of nitro benzene ring substituents is 1. The highest BCUT2D eigenvalue weighted by molar-refractivity contribution is 6.30. The van der Waals surface area contributed by atoms with Gasteiger partial charge in [-0.2, -0.15) is 5.10 Å². The zero-order valence-electron chi connectivity index (χ0n) is 23.4. The number of hydrogen-bond acceptors (Lipinski definition) is 6. The normalized spacial score (nSPS) is 23.0. The third-order valence-electron chi connectivity index (χ3n) is 8.99. The number of nitrogens with zero attached hydrogens (tertiary/aromatic N) is 3. The standard InChI is InChI=1S/C34H25ClN4O5/c1-19-10-15-26(27(16-19)39(43)44)38-32(41)30-29-22-6-2-4-8-24(22)34(31(30)33(38)42,25-9-5-3-7-23(25)29)18-36-37-28(40)17-20-11-13-21(35)14-12-20/h2-16,18,29-31H,17H2,1H3,(H,37,40)/b36-18-/t29?,30-,31+,34?/m0/s1. The first-order valence-electron chi connectivity index (χ1n) is 14.1. The van der Waals surface area contributed by atoms with Crippen molar-refractivity contribution in [2.45, 2.75) is 24.7 Å². The lowest BCUT2D eigenvalue weighted by Gasteiger charge is -2.52. The fourth-order valence-corrected chi connectivity index (χ4v) is 7.42. The molecule has 3 aliphatic carbocycles. The fraction of sp³-hybridized carbons (Fsp3) is 0.176. The number of amides is 3. The predicted octanol–water partition coefficient (Wildman–Crippen LogP) is 5.45. The summed E-state index contributed by atoms with van der Waals surface area (Å²) in [5, 5.41) is 17.0. The summed E-state index contributed by atoms with van der Waals surface area (Å²) in [7, 11) is 0. The summed E-state index contributed by atoms with van der Waals surface area (Å²) >= 11 is 5.97. The number of anilines is 1. The van der Waals surface area contributed by atoms with Crippen molar-refractivity contribution in [3.63, 3.8) is 0 Å². The van der Waals surface area contributed by atoms with Crippen molar-refractivity contribution in [3.8, 4) is 0 Å². The van der Waals surface area contributed by atoms with Gasteiger partial charge in [0.2, 0.25) is 17.7 Å². The highest BCUT2D eigenvalue weighted by Gasteiger charge is 2.68. The molecule has 1 N–H and O–H groups in total. The number of nitro groups is 1. The number of carbonyl (C=O) groups is 3. The van der Waals surface area contributed by atoms with Crippen LogP contribution in [0.2, 0.25) is 5.02 Å². The Balaban J connectivity index is 1.36. The van der Waals surface area contributed by atoms with Gasteiger partial charge >= 0.3 is 0 Å². The molecule has 44 heavy (non-hydrogen) atoms. The first kappa shape index (κ1) is 27.7. The number of carbonyl (C=O) groups excluding carboxylic acids is 3. The van der Waals surface area contributed by atoms with Crippen molar-refractivity contribution in [1.29, 1.82) is 0 Å². The number of benzene rings is 4. The number of aryl methyl sites for hydroxylation is 1. The summed E-state index contributed by atoms with van der Waals surface area (Å²) in [5.41, 5.74) is 5.78. The molecule has 1 aliphatic heterocycles. The number of hydrazone groups is 1. The second-order valence-corrected chi connectivity index (χ2v) is 11.8. The average Bonchev–Trinajstić information content (AvgIpc) is 3.29. The Morgan fingerprint density at radius 1 is 0.977 bits per heavy atom. The van der Waals surface area contributed by atoms with E-state index in [0.29, 0.717) is 10.6 Å². The predicted molar refractivity (Wildman–Crippen MR) is 165 cm³/mol. The van der Waals surface area contributed by atoms with E-state index in [2.05, 4.69) is 10.5 Å². The van der Waals surface area contributed by atoms with E-state index in [1.54, 1.807) is 43.5 Å². The van der Waals surface area contributed by atoms with Crippen molar-refractivity contribution in [1.82, 2.24) is 5.43 Å². The van der Waals surface area contributed by atoms with Gasteiger partial charge in [0.1, 0.15) is 5.69 Å². The van der Waals surface area contributed by atoms with E-state index in [-0.39, 0.29) is 23.7 Å². The van der Waals surface area contributed by atoms with E-state index < -0.39 is 39.9 Å². The van der Waals surface area contributed by atoms with Gasteiger partial charge in [-0.3, -0.25) is 24.5 Å². The summed E-state index contributed by atoms with van der Waals surface area (Å²) < 4.78 is 0. The number of halogens is 1. The lowest BCUT2D eigenvalue weighted by atomic mass is 9.47.